The Bertz CT molecular complexity index is 314. The van der Waals surface area contributed by atoms with Crippen LogP contribution in [0.15, 0.2) is 29.4 Å². The van der Waals surface area contributed by atoms with Gasteiger partial charge in [0.15, 0.2) is 0 Å². The summed E-state index contributed by atoms with van der Waals surface area (Å²) in [6, 6.07) is 5.96. The second-order valence-corrected chi connectivity index (χ2v) is 6.82. The van der Waals surface area contributed by atoms with Gasteiger partial charge in [0.1, 0.15) is 5.03 Å². The number of nitrogens with zero attached hydrogens (tertiary/aromatic N) is 1. The van der Waals surface area contributed by atoms with Crippen LogP contribution in [-0.2, 0) is 0 Å². The fourth-order valence-corrected chi connectivity index (χ4v) is 2.67. The molecule has 90 valence electrons. The van der Waals surface area contributed by atoms with Gasteiger partial charge in [-0.15, -0.1) is 0 Å². The third kappa shape index (κ3) is 5.52. The second kappa shape index (κ2) is 5.19. The molecule has 1 N–H and O–H groups in total. The Morgan fingerprint density at radius 2 is 1.88 bits per heavy atom. The van der Waals surface area contributed by atoms with Crippen molar-refractivity contribution in [3.05, 3.63) is 24.4 Å². The highest BCUT2D eigenvalue weighted by Crippen LogP contribution is 2.29. The lowest BCUT2D eigenvalue weighted by atomic mass is 9.82. The van der Waals surface area contributed by atoms with Crippen LogP contribution in [0.5, 0.6) is 0 Å². The van der Waals surface area contributed by atoms with Crippen LogP contribution >= 0.6 is 11.9 Å². The van der Waals surface area contributed by atoms with E-state index in [0.717, 1.165) is 11.4 Å². The van der Waals surface area contributed by atoms with Gasteiger partial charge in [0, 0.05) is 11.7 Å². The van der Waals surface area contributed by atoms with E-state index in [-0.39, 0.29) is 5.54 Å². The lowest BCUT2D eigenvalue weighted by Gasteiger charge is -2.32. The zero-order valence-electron chi connectivity index (χ0n) is 10.9. The molecule has 2 nitrogen and oxygen atoms in total. The first kappa shape index (κ1) is 13.5. The van der Waals surface area contributed by atoms with Crippen molar-refractivity contribution in [2.75, 3.05) is 0 Å². The van der Waals surface area contributed by atoms with Gasteiger partial charge in [-0.3, -0.25) is 4.72 Å². The highest BCUT2D eigenvalue weighted by Gasteiger charge is 2.25. The van der Waals surface area contributed by atoms with Crippen LogP contribution in [0, 0.1) is 5.41 Å². The molecule has 1 heterocycles. The average Bonchev–Trinajstić information content (AvgIpc) is 2.13. The number of nitrogens with one attached hydrogen (secondary N) is 1. The van der Waals surface area contributed by atoms with E-state index in [1.165, 1.54) is 0 Å². The van der Waals surface area contributed by atoms with E-state index in [1.807, 2.05) is 24.4 Å². The minimum Gasteiger partial charge on any atom is -0.253 e. The molecule has 0 atom stereocenters. The Hall–Kier alpha value is -0.540. The molecule has 16 heavy (non-hydrogen) atoms. The number of pyridine rings is 1. The van der Waals surface area contributed by atoms with Crippen molar-refractivity contribution in [2.45, 2.75) is 51.6 Å². The molecule has 0 amide bonds. The van der Waals surface area contributed by atoms with Gasteiger partial charge in [-0.05, 0) is 49.8 Å². The predicted molar refractivity (Wildman–Crippen MR) is 71.4 cm³/mol. The molecule has 0 bridgehead atoms. The van der Waals surface area contributed by atoms with Gasteiger partial charge in [-0.2, -0.15) is 0 Å². The quantitative estimate of drug-likeness (QED) is 0.805. The molecular formula is C13H22N2S. The van der Waals surface area contributed by atoms with Crippen LogP contribution in [0.1, 0.15) is 41.0 Å². The second-order valence-electron chi connectivity index (χ2n) is 5.99. The van der Waals surface area contributed by atoms with Gasteiger partial charge in [-0.1, -0.05) is 26.8 Å². The van der Waals surface area contributed by atoms with E-state index in [4.69, 9.17) is 0 Å². The van der Waals surface area contributed by atoms with Gasteiger partial charge >= 0.3 is 0 Å². The van der Waals surface area contributed by atoms with Gasteiger partial charge in [0.05, 0.1) is 0 Å². The summed E-state index contributed by atoms with van der Waals surface area (Å²) >= 11 is 1.61. The first-order valence-electron chi connectivity index (χ1n) is 5.64. The van der Waals surface area contributed by atoms with Crippen molar-refractivity contribution < 1.29 is 0 Å². The van der Waals surface area contributed by atoms with Crippen LogP contribution in [0.2, 0.25) is 0 Å². The number of rotatable bonds is 4. The summed E-state index contributed by atoms with van der Waals surface area (Å²) < 4.78 is 3.49. The molecule has 0 spiro atoms. The van der Waals surface area contributed by atoms with E-state index in [1.54, 1.807) is 11.9 Å². The molecule has 0 radical (unpaired) electrons. The smallest absolute Gasteiger partial charge is 0.111 e. The molecule has 0 aromatic carbocycles. The van der Waals surface area contributed by atoms with E-state index in [9.17, 15) is 0 Å². The van der Waals surface area contributed by atoms with Crippen molar-refractivity contribution in [3.8, 4) is 0 Å². The SMILES string of the molecule is CC(C)(C)CC(C)(C)NSc1ccccn1. The van der Waals surface area contributed by atoms with Crippen LogP contribution in [0.3, 0.4) is 0 Å². The summed E-state index contributed by atoms with van der Waals surface area (Å²) in [6.07, 6.45) is 2.95. The van der Waals surface area contributed by atoms with Crippen LogP contribution in [-0.4, -0.2) is 10.5 Å². The Morgan fingerprint density at radius 1 is 1.19 bits per heavy atom. The molecule has 0 saturated heterocycles. The van der Waals surface area contributed by atoms with Gasteiger partial charge in [0.2, 0.25) is 0 Å². The minimum absolute atomic E-state index is 0.112. The zero-order valence-corrected chi connectivity index (χ0v) is 11.7. The lowest BCUT2D eigenvalue weighted by Crippen LogP contribution is -2.38. The largest absolute Gasteiger partial charge is 0.253 e. The molecule has 0 aliphatic heterocycles. The summed E-state index contributed by atoms with van der Waals surface area (Å²) in [5.74, 6) is 0. The van der Waals surface area contributed by atoms with Crippen molar-refractivity contribution in [1.29, 1.82) is 0 Å². The molecular weight excluding hydrogens is 216 g/mol. The van der Waals surface area contributed by atoms with Crippen LogP contribution in [0.4, 0.5) is 0 Å². The maximum Gasteiger partial charge on any atom is 0.111 e. The predicted octanol–water partition coefficient (Wildman–Crippen LogP) is 3.89. The van der Waals surface area contributed by atoms with Crippen molar-refractivity contribution in [2.24, 2.45) is 5.41 Å². The fourth-order valence-electron chi connectivity index (χ4n) is 1.96. The van der Waals surface area contributed by atoms with E-state index in [2.05, 4.69) is 44.3 Å². The van der Waals surface area contributed by atoms with E-state index < -0.39 is 0 Å². The van der Waals surface area contributed by atoms with Crippen LogP contribution in [0.25, 0.3) is 0 Å². The molecule has 1 aromatic heterocycles. The van der Waals surface area contributed by atoms with E-state index >= 15 is 0 Å². The van der Waals surface area contributed by atoms with Crippen LogP contribution < -0.4 is 4.72 Å². The highest BCUT2D eigenvalue weighted by molar-refractivity contribution is 7.97. The standard InChI is InChI=1S/C13H22N2S/c1-12(2,3)10-13(4,5)15-16-11-8-6-7-9-14-11/h6-9,15H,10H2,1-5H3. The third-order valence-electron chi connectivity index (χ3n) is 2.04. The minimum atomic E-state index is 0.112. The fraction of sp³-hybridized carbons (Fsp3) is 0.615. The molecule has 3 heteroatoms. The topological polar surface area (TPSA) is 24.9 Å². The summed E-state index contributed by atoms with van der Waals surface area (Å²) in [5, 5.41) is 1.02. The first-order valence-corrected chi connectivity index (χ1v) is 6.45. The van der Waals surface area contributed by atoms with Crippen molar-refractivity contribution in [3.63, 3.8) is 0 Å². The first-order chi connectivity index (χ1) is 7.29. The van der Waals surface area contributed by atoms with Gasteiger partial charge in [0.25, 0.3) is 0 Å². The summed E-state index contributed by atoms with van der Waals surface area (Å²) in [4.78, 5) is 4.28. The highest BCUT2D eigenvalue weighted by atomic mass is 32.2. The van der Waals surface area contributed by atoms with E-state index in [0.29, 0.717) is 5.41 Å². The average molecular weight is 238 g/mol. The number of hydrogen-bond donors (Lipinski definition) is 1. The Kier molecular flexibility index (Phi) is 4.39. The lowest BCUT2D eigenvalue weighted by molar-refractivity contribution is 0.273. The Balaban J connectivity index is 2.48. The summed E-state index contributed by atoms with van der Waals surface area (Å²) in [5.41, 5.74) is 0.446. The maximum atomic E-state index is 4.28. The molecule has 0 fully saturated rings. The third-order valence-corrected chi connectivity index (χ3v) is 3.15. The van der Waals surface area contributed by atoms with Crippen molar-refractivity contribution >= 4 is 11.9 Å². The maximum absolute atomic E-state index is 4.28. The molecule has 1 aromatic rings. The number of aromatic nitrogens is 1. The van der Waals surface area contributed by atoms with Gasteiger partial charge < -0.3 is 0 Å². The molecule has 0 aliphatic rings. The number of hydrogen-bond acceptors (Lipinski definition) is 3. The monoisotopic (exact) mass is 238 g/mol. The summed E-state index contributed by atoms with van der Waals surface area (Å²) in [7, 11) is 0. The molecule has 0 aliphatic carbocycles. The molecule has 0 saturated carbocycles. The molecule has 0 unspecified atom stereocenters. The zero-order chi connectivity index (χ0) is 12.2. The Morgan fingerprint density at radius 3 is 2.38 bits per heavy atom. The summed E-state index contributed by atoms with van der Waals surface area (Å²) in [6.45, 7) is 11.3. The normalized spacial score (nSPS) is 12.8. The molecule has 1 rings (SSSR count). The van der Waals surface area contributed by atoms with Gasteiger partial charge in [-0.25, -0.2) is 4.98 Å². The van der Waals surface area contributed by atoms with Crippen molar-refractivity contribution in [1.82, 2.24) is 9.71 Å². The Labute approximate surface area is 103 Å².